The van der Waals surface area contributed by atoms with Gasteiger partial charge in [0.25, 0.3) is 0 Å². The van der Waals surface area contributed by atoms with Gasteiger partial charge in [-0.05, 0) is 19.4 Å². The Morgan fingerprint density at radius 3 is 2.57 bits per heavy atom. The quantitative estimate of drug-likeness (QED) is 0.592. The van der Waals surface area contributed by atoms with E-state index in [2.05, 4.69) is 25.0 Å². The summed E-state index contributed by atoms with van der Waals surface area (Å²) in [5.41, 5.74) is 2.13. The molecule has 1 aromatic carbocycles. The standard InChI is InChI=1S/C17H20F2N6O2S/c1-11-3-5-13(6-4-11)9-16-22-15(23-24-16)7-8-21-28(26,27)14-10-20-25(12(14)2)17(18)19/h3-6,10,17,21H,7-9H2,1-2H3,(H,22,23,24). The first-order chi connectivity index (χ1) is 13.3. The van der Waals surface area contributed by atoms with E-state index in [1.807, 2.05) is 31.2 Å². The van der Waals surface area contributed by atoms with E-state index in [0.29, 0.717) is 22.8 Å². The molecule has 0 unspecified atom stereocenters. The Labute approximate surface area is 161 Å². The van der Waals surface area contributed by atoms with Gasteiger partial charge >= 0.3 is 6.55 Å². The van der Waals surface area contributed by atoms with Gasteiger partial charge in [-0.1, -0.05) is 29.8 Å². The summed E-state index contributed by atoms with van der Waals surface area (Å²) in [7, 11) is -3.95. The summed E-state index contributed by atoms with van der Waals surface area (Å²) in [6.07, 6.45) is 1.76. The number of nitrogens with one attached hydrogen (secondary N) is 2. The second kappa shape index (κ2) is 8.15. The molecule has 150 valence electrons. The van der Waals surface area contributed by atoms with E-state index < -0.39 is 16.6 Å². The number of aromatic nitrogens is 5. The molecule has 0 spiro atoms. The van der Waals surface area contributed by atoms with E-state index in [1.54, 1.807) is 0 Å². The zero-order valence-corrected chi connectivity index (χ0v) is 16.2. The number of hydrogen-bond acceptors (Lipinski definition) is 5. The van der Waals surface area contributed by atoms with Gasteiger partial charge in [0.05, 0.1) is 11.9 Å². The highest BCUT2D eigenvalue weighted by Crippen LogP contribution is 2.19. The van der Waals surface area contributed by atoms with Crippen molar-refractivity contribution in [2.45, 2.75) is 38.1 Å². The van der Waals surface area contributed by atoms with Crippen LogP contribution in [0.25, 0.3) is 0 Å². The number of aryl methyl sites for hydroxylation is 1. The fraction of sp³-hybridized carbons (Fsp3) is 0.353. The van der Waals surface area contributed by atoms with Gasteiger partial charge in [0.1, 0.15) is 10.7 Å². The van der Waals surface area contributed by atoms with E-state index in [-0.39, 0.29) is 23.6 Å². The van der Waals surface area contributed by atoms with E-state index in [0.717, 1.165) is 11.8 Å². The van der Waals surface area contributed by atoms with Crippen molar-refractivity contribution in [2.75, 3.05) is 6.54 Å². The minimum Gasteiger partial charge on any atom is -0.263 e. The van der Waals surface area contributed by atoms with Crippen LogP contribution in [0.15, 0.2) is 35.4 Å². The van der Waals surface area contributed by atoms with Crippen LogP contribution in [0.2, 0.25) is 0 Å². The van der Waals surface area contributed by atoms with Gasteiger partial charge in [-0.25, -0.2) is 22.8 Å². The maximum atomic E-state index is 12.7. The number of nitrogens with zero attached hydrogens (tertiary/aromatic N) is 4. The number of alkyl halides is 2. The average Bonchev–Trinajstić information content (AvgIpc) is 3.23. The van der Waals surface area contributed by atoms with Gasteiger partial charge < -0.3 is 0 Å². The van der Waals surface area contributed by atoms with Gasteiger partial charge in [0.15, 0.2) is 5.82 Å². The number of H-pyrrole nitrogens is 1. The zero-order chi connectivity index (χ0) is 20.3. The molecule has 28 heavy (non-hydrogen) atoms. The predicted molar refractivity (Wildman–Crippen MR) is 97.5 cm³/mol. The van der Waals surface area contributed by atoms with Gasteiger partial charge in [-0.15, -0.1) is 0 Å². The monoisotopic (exact) mass is 410 g/mol. The Kier molecular flexibility index (Phi) is 5.84. The molecule has 0 saturated carbocycles. The molecule has 0 bridgehead atoms. The van der Waals surface area contributed by atoms with Crippen LogP contribution in [0.4, 0.5) is 8.78 Å². The largest absolute Gasteiger partial charge is 0.333 e. The first-order valence-corrected chi connectivity index (χ1v) is 10.0. The minimum atomic E-state index is -3.95. The summed E-state index contributed by atoms with van der Waals surface area (Å²) in [4.78, 5) is 4.07. The lowest BCUT2D eigenvalue weighted by atomic mass is 10.1. The van der Waals surface area contributed by atoms with E-state index in [9.17, 15) is 17.2 Å². The van der Waals surface area contributed by atoms with Crippen molar-refractivity contribution in [2.24, 2.45) is 0 Å². The first kappa shape index (κ1) is 20.1. The van der Waals surface area contributed by atoms with E-state index >= 15 is 0 Å². The molecular formula is C17H20F2N6O2S. The molecule has 2 N–H and O–H groups in total. The van der Waals surface area contributed by atoms with Gasteiger partial charge in [-0.3, -0.25) is 5.10 Å². The SMILES string of the molecule is Cc1ccc(Cc2nc(CCNS(=O)(=O)c3cnn(C(F)F)c3C)n[nH]2)cc1. The highest BCUT2D eigenvalue weighted by Gasteiger charge is 2.23. The summed E-state index contributed by atoms with van der Waals surface area (Å²) in [6.45, 7) is 0.422. The molecule has 0 aliphatic heterocycles. The Balaban J connectivity index is 1.57. The Morgan fingerprint density at radius 2 is 1.93 bits per heavy atom. The maximum absolute atomic E-state index is 12.7. The van der Waals surface area contributed by atoms with E-state index in [4.69, 9.17) is 0 Å². The number of benzene rings is 1. The van der Waals surface area contributed by atoms with Crippen molar-refractivity contribution in [1.82, 2.24) is 29.7 Å². The van der Waals surface area contributed by atoms with Crippen molar-refractivity contribution >= 4 is 10.0 Å². The molecule has 0 aliphatic rings. The minimum absolute atomic E-state index is 0.0312. The van der Waals surface area contributed by atoms with Crippen molar-refractivity contribution in [3.8, 4) is 0 Å². The third kappa shape index (κ3) is 4.60. The normalized spacial score (nSPS) is 12.0. The third-order valence-corrected chi connectivity index (χ3v) is 5.75. The molecule has 0 radical (unpaired) electrons. The van der Waals surface area contributed by atoms with E-state index in [1.165, 1.54) is 12.5 Å². The fourth-order valence-corrected chi connectivity index (χ4v) is 3.86. The number of aromatic amines is 1. The number of rotatable bonds is 8. The van der Waals surface area contributed by atoms with Crippen molar-refractivity contribution in [3.63, 3.8) is 0 Å². The summed E-state index contributed by atoms with van der Waals surface area (Å²) >= 11 is 0. The first-order valence-electron chi connectivity index (χ1n) is 8.54. The van der Waals surface area contributed by atoms with Gasteiger partial charge in [0.2, 0.25) is 10.0 Å². The summed E-state index contributed by atoms with van der Waals surface area (Å²) in [6, 6.07) is 8.04. The van der Waals surface area contributed by atoms with Crippen molar-refractivity contribution < 1.29 is 17.2 Å². The van der Waals surface area contributed by atoms with Crippen LogP contribution in [-0.2, 0) is 22.9 Å². The molecule has 0 fully saturated rings. The lowest BCUT2D eigenvalue weighted by molar-refractivity contribution is 0.0541. The molecule has 0 atom stereocenters. The van der Waals surface area contributed by atoms with Gasteiger partial charge in [-0.2, -0.15) is 19.0 Å². The number of halogens is 2. The van der Waals surface area contributed by atoms with Crippen LogP contribution >= 0.6 is 0 Å². The Bertz CT molecular complexity index is 1040. The molecule has 0 amide bonds. The van der Waals surface area contributed by atoms with Crippen LogP contribution < -0.4 is 4.72 Å². The molecule has 11 heteroatoms. The molecule has 3 rings (SSSR count). The molecule has 2 heterocycles. The average molecular weight is 410 g/mol. The Hall–Kier alpha value is -2.66. The second-order valence-electron chi connectivity index (χ2n) is 6.32. The van der Waals surface area contributed by atoms with Crippen LogP contribution in [0.5, 0.6) is 0 Å². The van der Waals surface area contributed by atoms with Crippen molar-refractivity contribution in [1.29, 1.82) is 0 Å². The van der Waals surface area contributed by atoms with Crippen LogP contribution in [0.3, 0.4) is 0 Å². The van der Waals surface area contributed by atoms with Crippen LogP contribution in [0.1, 0.15) is 35.0 Å². The number of hydrogen-bond donors (Lipinski definition) is 2. The highest BCUT2D eigenvalue weighted by atomic mass is 32.2. The Morgan fingerprint density at radius 1 is 1.21 bits per heavy atom. The smallest absolute Gasteiger partial charge is 0.263 e. The summed E-state index contributed by atoms with van der Waals surface area (Å²) in [5.74, 6) is 1.14. The van der Waals surface area contributed by atoms with Crippen LogP contribution in [0, 0.1) is 13.8 Å². The lowest BCUT2D eigenvalue weighted by Crippen LogP contribution is -2.26. The molecule has 0 aliphatic carbocycles. The molecule has 8 nitrogen and oxygen atoms in total. The zero-order valence-electron chi connectivity index (χ0n) is 15.4. The molecule has 2 aromatic heterocycles. The van der Waals surface area contributed by atoms with Gasteiger partial charge in [0, 0.05) is 19.4 Å². The fourth-order valence-electron chi connectivity index (χ4n) is 2.67. The van der Waals surface area contributed by atoms with Crippen molar-refractivity contribution in [3.05, 3.63) is 58.9 Å². The molecule has 0 saturated heterocycles. The number of sulfonamides is 1. The predicted octanol–water partition coefficient (Wildman–Crippen LogP) is 2.12. The maximum Gasteiger partial charge on any atom is 0.333 e. The summed E-state index contributed by atoms with van der Waals surface area (Å²) in [5, 5.41) is 10.3. The second-order valence-corrected chi connectivity index (χ2v) is 8.06. The van der Waals surface area contributed by atoms with Crippen LogP contribution in [-0.4, -0.2) is 39.9 Å². The lowest BCUT2D eigenvalue weighted by Gasteiger charge is -2.06. The molecular weight excluding hydrogens is 390 g/mol. The summed E-state index contributed by atoms with van der Waals surface area (Å²) < 4.78 is 52.8. The third-order valence-electron chi connectivity index (χ3n) is 4.18. The molecule has 3 aromatic rings. The highest BCUT2D eigenvalue weighted by molar-refractivity contribution is 7.89. The topological polar surface area (TPSA) is 106 Å².